The molecule has 7 heteroatoms. The van der Waals surface area contributed by atoms with Gasteiger partial charge in [0.15, 0.2) is 0 Å². The lowest BCUT2D eigenvalue weighted by Gasteiger charge is -2.20. The summed E-state index contributed by atoms with van der Waals surface area (Å²) in [4.78, 5) is 39.7. The number of nitrogens with one attached hydrogen (secondary N) is 2. The quantitative estimate of drug-likeness (QED) is 0.622. The summed E-state index contributed by atoms with van der Waals surface area (Å²) in [6.07, 6.45) is 0.176. The van der Waals surface area contributed by atoms with E-state index < -0.39 is 5.92 Å². The number of carbonyl (C=O) groups excluding carboxylic acids is 3. The summed E-state index contributed by atoms with van der Waals surface area (Å²) < 4.78 is 1.73. The van der Waals surface area contributed by atoms with E-state index in [4.69, 9.17) is 0 Å². The molecule has 3 aromatic rings. The second kappa shape index (κ2) is 8.94. The largest absolute Gasteiger partial charge is 0.326 e. The third-order valence-corrected chi connectivity index (χ3v) is 6.26. The third kappa shape index (κ3) is 4.53. The van der Waals surface area contributed by atoms with E-state index in [1.54, 1.807) is 33.8 Å². The van der Waals surface area contributed by atoms with Crippen molar-refractivity contribution in [3.05, 3.63) is 82.7 Å². The topological polar surface area (TPSA) is 83.4 Å². The molecule has 2 aromatic carbocycles. The van der Waals surface area contributed by atoms with Crippen molar-refractivity contribution in [3.8, 4) is 0 Å². The first kappa shape index (κ1) is 22.3. The number of nitrogens with zero attached hydrogens (tertiary/aromatic N) is 2. The third-order valence-electron chi connectivity index (χ3n) is 6.26. The first-order chi connectivity index (χ1) is 15.7. The molecule has 1 aromatic heterocycles. The Morgan fingerprint density at radius 2 is 1.58 bits per heavy atom. The number of carbonyl (C=O) groups is 3. The van der Waals surface area contributed by atoms with Gasteiger partial charge in [0.1, 0.15) is 0 Å². The van der Waals surface area contributed by atoms with Crippen molar-refractivity contribution < 1.29 is 14.4 Å². The predicted molar refractivity (Wildman–Crippen MR) is 129 cm³/mol. The first-order valence-corrected chi connectivity index (χ1v) is 11.0. The van der Waals surface area contributed by atoms with E-state index in [1.807, 2.05) is 58.0 Å². The summed E-state index contributed by atoms with van der Waals surface area (Å²) in [6, 6.07) is 16.4. The molecule has 2 heterocycles. The van der Waals surface area contributed by atoms with Crippen LogP contribution in [0.25, 0.3) is 0 Å². The standard InChI is InChI=1S/C26H28N4O3/c1-16-6-5-7-23(19(16)4)29-15-21(14-24(29)31)25(32)27-22-12-10-20(11-13-22)26(33)28-30-17(2)8-9-18(30)3/h5-13,21H,14-15H2,1-4H3,(H,27,32)(H,28,33)/t21-/m0/s1. The van der Waals surface area contributed by atoms with Crippen molar-refractivity contribution >= 4 is 29.1 Å². The number of benzene rings is 2. The van der Waals surface area contributed by atoms with Crippen molar-refractivity contribution in [3.63, 3.8) is 0 Å². The van der Waals surface area contributed by atoms with Crippen LogP contribution in [0.1, 0.15) is 39.3 Å². The number of hydrogen-bond donors (Lipinski definition) is 2. The minimum atomic E-state index is -0.430. The van der Waals surface area contributed by atoms with E-state index in [0.717, 1.165) is 28.2 Å². The normalized spacial score (nSPS) is 15.6. The second-order valence-electron chi connectivity index (χ2n) is 8.58. The zero-order valence-corrected chi connectivity index (χ0v) is 19.3. The smallest absolute Gasteiger partial charge is 0.270 e. The van der Waals surface area contributed by atoms with Gasteiger partial charge in [-0.3, -0.25) is 24.5 Å². The predicted octanol–water partition coefficient (Wildman–Crippen LogP) is 4.10. The highest BCUT2D eigenvalue weighted by Gasteiger charge is 2.35. The average molecular weight is 445 g/mol. The molecule has 0 radical (unpaired) electrons. The van der Waals surface area contributed by atoms with E-state index in [9.17, 15) is 14.4 Å². The van der Waals surface area contributed by atoms with E-state index in [0.29, 0.717) is 17.8 Å². The molecule has 4 rings (SSSR count). The molecule has 33 heavy (non-hydrogen) atoms. The highest BCUT2D eigenvalue weighted by Crippen LogP contribution is 2.30. The lowest BCUT2D eigenvalue weighted by molar-refractivity contribution is -0.122. The molecule has 0 aliphatic carbocycles. The van der Waals surface area contributed by atoms with Crippen LogP contribution in [-0.4, -0.2) is 28.9 Å². The summed E-state index contributed by atoms with van der Waals surface area (Å²) in [7, 11) is 0. The van der Waals surface area contributed by atoms with Crippen LogP contribution in [0.5, 0.6) is 0 Å². The van der Waals surface area contributed by atoms with Crippen LogP contribution < -0.4 is 15.6 Å². The van der Waals surface area contributed by atoms with Crippen LogP contribution in [0, 0.1) is 33.6 Å². The van der Waals surface area contributed by atoms with Gasteiger partial charge in [-0.15, -0.1) is 0 Å². The van der Waals surface area contributed by atoms with Gasteiger partial charge >= 0.3 is 0 Å². The van der Waals surface area contributed by atoms with Crippen LogP contribution in [0.3, 0.4) is 0 Å². The molecule has 170 valence electrons. The maximum absolute atomic E-state index is 12.8. The highest BCUT2D eigenvalue weighted by molar-refractivity contribution is 6.04. The Balaban J connectivity index is 1.39. The van der Waals surface area contributed by atoms with Crippen LogP contribution >= 0.6 is 0 Å². The fourth-order valence-electron chi connectivity index (χ4n) is 4.10. The van der Waals surface area contributed by atoms with Crippen LogP contribution in [0.2, 0.25) is 0 Å². The molecule has 1 saturated heterocycles. The molecule has 0 spiro atoms. The molecule has 1 aliphatic heterocycles. The molecule has 1 atom stereocenters. The summed E-state index contributed by atoms with van der Waals surface area (Å²) in [5.74, 6) is -0.917. The van der Waals surface area contributed by atoms with Gasteiger partial charge in [0, 0.05) is 41.3 Å². The molecule has 0 unspecified atom stereocenters. The van der Waals surface area contributed by atoms with Gasteiger partial charge in [0.2, 0.25) is 11.8 Å². The van der Waals surface area contributed by atoms with Gasteiger partial charge < -0.3 is 10.2 Å². The molecule has 2 N–H and O–H groups in total. The number of amides is 3. The SMILES string of the molecule is Cc1cccc(N2C[C@@H](C(=O)Nc3ccc(C(=O)Nn4c(C)ccc4C)cc3)CC2=O)c1C. The lowest BCUT2D eigenvalue weighted by atomic mass is 10.1. The summed E-state index contributed by atoms with van der Waals surface area (Å²) in [6.45, 7) is 8.18. The molecule has 3 amide bonds. The van der Waals surface area contributed by atoms with Gasteiger partial charge in [0.05, 0.1) is 5.92 Å². The minimum absolute atomic E-state index is 0.0496. The van der Waals surface area contributed by atoms with Crippen molar-refractivity contribution in [1.29, 1.82) is 0 Å². The molecule has 1 fully saturated rings. The van der Waals surface area contributed by atoms with Gasteiger partial charge in [-0.25, -0.2) is 0 Å². The zero-order chi connectivity index (χ0) is 23.7. The number of hydrogen-bond acceptors (Lipinski definition) is 3. The average Bonchev–Trinajstić information content (AvgIpc) is 3.33. The Labute approximate surface area is 193 Å². The van der Waals surface area contributed by atoms with Gasteiger partial charge in [0.25, 0.3) is 5.91 Å². The molecular formula is C26H28N4O3. The molecule has 1 aliphatic rings. The monoisotopic (exact) mass is 444 g/mol. The highest BCUT2D eigenvalue weighted by atomic mass is 16.2. The van der Waals surface area contributed by atoms with E-state index in [2.05, 4.69) is 10.7 Å². The van der Waals surface area contributed by atoms with E-state index in [1.165, 1.54) is 0 Å². The number of anilines is 2. The Kier molecular flexibility index (Phi) is 6.05. The van der Waals surface area contributed by atoms with Gasteiger partial charge in [-0.05, 0) is 81.3 Å². The Hall–Kier alpha value is -3.87. The summed E-state index contributed by atoms with van der Waals surface area (Å²) in [5, 5.41) is 2.88. The van der Waals surface area contributed by atoms with Crippen molar-refractivity contribution in [1.82, 2.24) is 4.68 Å². The number of aryl methyl sites for hydroxylation is 3. The Morgan fingerprint density at radius 3 is 2.24 bits per heavy atom. The minimum Gasteiger partial charge on any atom is -0.326 e. The summed E-state index contributed by atoms with van der Waals surface area (Å²) >= 11 is 0. The van der Waals surface area contributed by atoms with Gasteiger partial charge in [-0.2, -0.15) is 0 Å². The van der Waals surface area contributed by atoms with Crippen LogP contribution in [0.15, 0.2) is 54.6 Å². The second-order valence-corrected chi connectivity index (χ2v) is 8.58. The first-order valence-electron chi connectivity index (χ1n) is 11.0. The Bertz CT molecular complexity index is 1210. The van der Waals surface area contributed by atoms with Gasteiger partial charge in [-0.1, -0.05) is 12.1 Å². The fraction of sp³-hybridized carbons (Fsp3) is 0.269. The number of aromatic nitrogens is 1. The van der Waals surface area contributed by atoms with E-state index in [-0.39, 0.29) is 24.1 Å². The number of rotatable bonds is 5. The van der Waals surface area contributed by atoms with Crippen molar-refractivity contribution in [2.24, 2.45) is 5.92 Å². The molecule has 7 nitrogen and oxygen atoms in total. The van der Waals surface area contributed by atoms with Crippen LogP contribution in [0.4, 0.5) is 11.4 Å². The molecule has 0 bridgehead atoms. The summed E-state index contributed by atoms with van der Waals surface area (Å²) in [5.41, 5.74) is 8.82. The van der Waals surface area contributed by atoms with E-state index >= 15 is 0 Å². The van der Waals surface area contributed by atoms with Crippen LogP contribution in [-0.2, 0) is 9.59 Å². The molecule has 0 saturated carbocycles. The fourth-order valence-corrected chi connectivity index (χ4v) is 4.10. The molecular weight excluding hydrogens is 416 g/mol. The zero-order valence-electron chi connectivity index (χ0n) is 19.3. The lowest BCUT2D eigenvalue weighted by Crippen LogP contribution is -2.28. The maximum atomic E-state index is 12.8. The Morgan fingerprint density at radius 1 is 0.909 bits per heavy atom. The maximum Gasteiger partial charge on any atom is 0.270 e. The van der Waals surface area contributed by atoms with Crippen molar-refractivity contribution in [2.45, 2.75) is 34.1 Å². The van der Waals surface area contributed by atoms with Crippen molar-refractivity contribution in [2.75, 3.05) is 22.2 Å².